The predicted molar refractivity (Wildman–Crippen MR) is 70.6 cm³/mol. The first kappa shape index (κ1) is 10.9. The van der Waals surface area contributed by atoms with Gasteiger partial charge < -0.3 is 10.1 Å². The van der Waals surface area contributed by atoms with Gasteiger partial charge in [0.05, 0.1) is 16.7 Å². The van der Waals surface area contributed by atoms with Crippen LogP contribution in [0.1, 0.15) is 0 Å². The highest BCUT2D eigenvalue weighted by molar-refractivity contribution is 6.30. The fourth-order valence-electron chi connectivity index (χ4n) is 1.96. The quantitative estimate of drug-likeness (QED) is 0.707. The third-order valence-electron chi connectivity index (χ3n) is 2.73. The summed E-state index contributed by atoms with van der Waals surface area (Å²) in [6, 6.07) is 11.7. The SMILES string of the molecule is O=c1[nH]c2ccc(O)cc2n1-c1cccc(Cl)c1. The molecule has 4 nitrogen and oxygen atoms in total. The summed E-state index contributed by atoms with van der Waals surface area (Å²) < 4.78 is 1.47. The fraction of sp³-hybridized carbons (Fsp3) is 0. The van der Waals surface area contributed by atoms with Crippen molar-refractivity contribution in [3.8, 4) is 11.4 Å². The van der Waals surface area contributed by atoms with Crippen LogP contribution >= 0.6 is 11.6 Å². The molecule has 3 aromatic rings. The number of rotatable bonds is 1. The monoisotopic (exact) mass is 260 g/mol. The van der Waals surface area contributed by atoms with Gasteiger partial charge in [-0.25, -0.2) is 4.79 Å². The molecule has 0 fully saturated rings. The molecule has 0 aliphatic carbocycles. The van der Waals surface area contributed by atoms with Crippen LogP contribution in [0.2, 0.25) is 5.02 Å². The van der Waals surface area contributed by atoms with Gasteiger partial charge in [0.15, 0.2) is 0 Å². The van der Waals surface area contributed by atoms with E-state index in [1.165, 1.54) is 16.7 Å². The molecule has 0 saturated carbocycles. The molecule has 2 N–H and O–H groups in total. The summed E-state index contributed by atoms with van der Waals surface area (Å²) in [5, 5.41) is 10.1. The van der Waals surface area contributed by atoms with Crippen molar-refractivity contribution in [3.05, 3.63) is 58.0 Å². The number of hydrogen-bond acceptors (Lipinski definition) is 2. The molecule has 0 aliphatic heterocycles. The zero-order chi connectivity index (χ0) is 12.7. The number of phenols is 1. The van der Waals surface area contributed by atoms with Gasteiger partial charge in [0.2, 0.25) is 0 Å². The van der Waals surface area contributed by atoms with Crippen LogP contribution in [-0.4, -0.2) is 14.7 Å². The van der Waals surface area contributed by atoms with E-state index in [-0.39, 0.29) is 11.4 Å². The van der Waals surface area contributed by atoms with E-state index < -0.39 is 0 Å². The molecule has 0 spiro atoms. The first-order valence-corrected chi connectivity index (χ1v) is 5.72. The van der Waals surface area contributed by atoms with Crippen molar-refractivity contribution in [3.63, 3.8) is 0 Å². The molecule has 0 atom stereocenters. The maximum absolute atomic E-state index is 11.9. The first-order valence-electron chi connectivity index (χ1n) is 5.35. The number of nitrogens with one attached hydrogen (secondary N) is 1. The normalized spacial score (nSPS) is 10.9. The van der Waals surface area contributed by atoms with E-state index in [0.717, 1.165) is 0 Å². The molecule has 0 saturated heterocycles. The number of aromatic nitrogens is 2. The molecule has 1 heterocycles. The minimum absolute atomic E-state index is 0.109. The van der Waals surface area contributed by atoms with E-state index in [9.17, 15) is 9.90 Å². The van der Waals surface area contributed by atoms with Gasteiger partial charge in [0.1, 0.15) is 5.75 Å². The molecule has 90 valence electrons. The van der Waals surface area contributed by atoms with Crippen molar-refractivity contribution in [2.45, 2.75) is 0 Å². The number of halogens is 1. The van der Waals surface area contributed by atoms with E-state index in [1.807, 2.05) is 0 Å². The molecule has 0 bridgehead atoms. The second-order valence-corrected chi connectivity index (χ2v) is 4.38. The van der Waals surface area contributed by atoms with Crippen LogP contribution in [-0.2, 0) is 0 Å². The topological polar surface area (TPSA) is 58.0 Å². The standard InChI is InChI=1S/C13H9ClN2O2/c14-8-2-1-3-9(6-8)16-12-7-10(17)4-5-11(12)15-13(16)18/h1-7,17H,(H,15,18). The zero-order valence-electron chi connectivity index (χ0n) is 9.22. The number of aromatic amines is 1. The molecule has 0 radical (unpaired) electrons. The van der Waals surface area contributed by atoms with Crippen LogP contribution in [0, 0.1) is 0 Å². The maximum atomic E-state index is 11.9. The Bertz CT molecular complexity index is 789. The van der Waals surface area contributed by atoms with E-state index >= 15 is 0 Å². The third-order valence-corrected chi connectivity index (χ3v) is 2.97. The molecule has 3 rings (SSSR count). The van der Waals surface area contributed by atoms with Gasteiger partial charge in [-0.05, 0) is 30.3 Å². The van der Waals surface area contributed by atoms with Crippen molar-refractivity contribution in [1.29, 1.82) is 0 Å². The fourth-order valence-corrected chi connectivity index (χ4v) is 2.15. The number of imidazole rings is 1. The highest BCUT2D eigenvalue weighted by Crippen LogP contribution is 2.21. The van der Waals surface area contributed by atoms with Crippen molar-refractivity contribution in [2.24, 2.45) is 0 Å². The van der Waals surface area contributed by atoms with Crippen molar-refractivity contribution < 1.29 is 5.11 Å². The van der Waals surface area contributed by atoms with E-state index in [4.69, 9.17) is 11.6 Å². The van der Waals surface area contributed by atoms with Gasteiger partial charge in [-0.15, -0.1) is 0 Å². The molecular weight excluding hydrogens is 252 g/mol. The average Bonchev–Trinajstić information content (AvgIpc) is 2.64. The number of nitrogens with zero attached hydrogens (tertiary/aromatic N) is 1. The number of benzene rings is 2. The van der Waals surface area contributed by atoms with Gasteiger partial charge >= 0.3 is 5.69 Å². The number of phenolic OH excluding ortho intramolecular Hbond substituents is 1. The second kappa shape index (κ2) is 3.92. The van der Waals surface area contributed by atoms with Crippen molar-refractivity contribution >= 4 is 22.6 Å². The summed E-state index contributed by atoms with van der Waals surface area (Å²) >= 11 is 5.92. The summed E-state index contributed by atoms with van der Waals surface area (Å²) in [6.45, 7) is 0. The lowest BCUT2D eigenvalue weighted by Crippen LogP contribution is -2.14. The first-order chi connectivity index (χ1) is 8.65. The molecule has 5 heteroatoms. The summed E-state index contributed by atoms with van der Waals surface area (Å²) in [6.07, 6.45) is 0. The average molecular weight is 261 g/mol. The van der Waals surface area contributed by atoms with Crippen LogP contribution < -0.4 is 5.69 Å². The van der Waals surface area contributed by atoms with Gasteiger partial charge in [0, 0.05) is 11.1 Å². The lowest BCUT2D eigenvalue weighted by Gasteiger charge is -2.03. The molecule has 0 amide bonds. The largest absolute Gasteiger partial charge is 0.508 e. The van der Waals surface area contributed by atoms with Gasteiger partial charge in [0.25, 0.3) is 0 Å². The summed E-state index contributed by atoms with van der Waals surface area (Å²) in [7, 11) is 0. The Morgan fingerprint density at radius 2 is 2.00 bits per heavy atom. The Morgan fingerprint density at radius 1 is 1.17 bits per heavy atom. The number of hydrogen-bond donors (Lipinski definition) is 2. The molecule has 0 aliphatic rings. The van der Waals surface area contributed by atoms with Gasteiger partial charge in [-0.3, -0.25) is 4.57 Å². The van der Waals surface area contributed by atoms with Crippen LogP contribution in [0.5, 0.6) is 5.75 Å². The second-order valence-electron chi connectivity index (χ2n) is 3.95. The minimum atomic E-state index is -0.266. The van der Waals surface area contributed by atoms with E-state index in [1.54, 1.807) is 30.3 Å². The summed E-state index contributed by atoms with van der Waals surface area (Å²) in [5.74, 6) is 0.109. The maximum Gasteiger partial charge on any atom is 0.331 e. The summed E-state index contributed by atoms with van der Waals surface area (Å²) in [5.41, 5.74) is 1.67. The van der Waals surface area contributed by atoms with Crippen molar-refractivity contribution in [2.75, 3.05) is 0 Å². The number of aromatic hydroxyl groups is 1. The Labute approximate surface area is 107 Å². The Morgan fingerprint density at radius 3 is 2.78 bits per heavy atom. The Balaban J connectivity index is 2.38. The Kier molecular flexibility index (Phi) is 2.38. The van der Waals surface area contributed by atoms with Crippen LogP contribution in [0.4, 0.5) is 0 Å². The third kappa shape index (κ3) is 1.67. The molecule has 0 unspecified atom stereocenters. The Hall–Kier alpha value is -2.20. The number of H-pyrrole nitrogens is 1. The highest BCUT2D eigenvalue weighted by atomic mass is 35.5. The lowest BCUT2D eigenvalue weighted by atomic mass is 10.2. The predicted octanol–water partition coefficient (Wildman–Crippen LogP) is 2.68. The van der Waals surface area contributed by atoms with Crippen LogP contribution in [0.3, 0.4) is 0 Å². The molecule has 1 aromatic heterocycles. The number of fused-ring (bicyclic) bond motifs is 1. The van der Waals surface area contributed by atoms with E-state index in [0.29, 0.717) is 21.7 Å². The summed E-state index contributed by atoms with van der Waals surface area (Å²) in [4.78, 5) is 14.7. The molecular formula is C13H9ClN2O2. The minimum Gasteiger partial charge on any atom is -0.508 e. The lowest BCUT2D eigenvalue weighted by molar-refractivity contribution is 0.476. The van der Waals surface area contributed by atoms with Gasteiger partial charge in [-0.1, -0.05) is 17.7 Å². The van der Waals surface area contributed by atoms with Crippen LogP contribution in [0.15, 0.2) is 47.3 Å². The molecule has 2 aromatic carbocycles. The highest BCUT2D eigenvalue weighted by Gasteiger charge is 2.09. The van der Waals surface area contributed by atoms with E-state index in [2.05, 4.69) is 4.98 Å². The van der Waals surface area contributed by atoms with Crippen molar-refractivity contribution in [1.82, 2.24) is 9.55 Å². The van der Waals surface area contributed by atoms with Gasteiger partial charge in [-0.2, -0.15) is 0 Å². The zero-order valence-corrected chi connectivity index (χ0v) is 9.98. The van der Waals surface area contributed by atoms with Crippen LogP contribution in [0.25, 0.3) is 16.7 Å². The smallest absolute Gasteiger partial charge is 0.331 e. The molecule has 18 heavy (non-hydrogen) atoms.